The third kappa shape index (κ3) is 2.74. The van der Waals surface area contributed by atoms with Crippen LogP contribution >= 0.6 is 0 Å². The molecule has 0 aliphatic carbocycles. The molecule has 1 aliphatic rings. The molecule has 0 saturated carbocycles. The van der Waals surface area contributed by atoms with E-state index in [4.69, 9.17) is 4.74 Å². The molecule has 1 heterocycles. The second-order valence-electron chi connectivity index (χ2n) is 5.01. The molecule has 21 heavy (non-hydrogen) atoms. The number of benzene rings is 2. The van der Waals surface area contributed by atoms with E-state index >= 15 is 0 Å². The second-order valence-corrected chi connectivity index (χ2v) is 5.01. The van der Waals surface area contributed by atoms with Gasteiger partial charge in [0, 0.05) is 23.6 Å². The van der Waals surface area contributed by atoms with Gasteiger partial charge < -0.3 is 9.84 Å². The SMILES string of the molecule is OC1CC(c2cccc(C(F)F)c2)Oc2cc(F)ccc21. The van der Waals surface area contributed by atoms with Gasteiger partial charge in [-0.05, 0) is 23.8 Å². The first kappa shape index (κ1) is 13.9. The number of hydrogen-bond acceptors (Lipinski definition) is 2. The van der Waals surface area contributed by atoms with Crippen molar-refractivity contribution in [2.75, 3.05) is 0 Å². The molecule has 1 aliphatic heterocycles. The Hall–Kier alpha value is -2.01. The lowest BCUT2D eigenvalue weighted by atomic mass is 9.94. The average molecular weight is 294 g/mol. The van der Waals surface area contributed by atoms with Crippen molar-refractivity contribution in [2.45, 2.75) is 25.1 Å². The van der Waals surface area contributed by atoms with Crippen LogP contribution in [0.1, 0.15) is 41.7 Å². The molecule has 3 rings (SSSR count). The Morgan fingerprint density at radius 2 is 1.95 bits per heavy atom. The summed E-state index contributed by atoms with van der Waals surface area (Å²) in [5.74, 6) is -0.218. The van der Waals surface area contributed by atoms with E-state index in [0.717, 1.165) is 0 Å². The Bertz CT molecular complexity index is 658. The van der Waals surface area contributed by atoms with E-state index in [0.29, 0.717) is 11.1 Å². The van der Waals surface area contributed by atoms with Gasteiger partial charge in [-0.25, -0.2) is 13.2 Å². The number of halogens is 3. The highest BCUT2D eigenvalue weighted by Crippen LogP contribution is 2.41. The lowest BCUT2D eigenvalue weighted by Gasteiger charge is -2.30. The van der Waals surface area contributed by atoms with Crippen LogP contribution in [0.5, 0.6) is 5.75 Å². The molecule has 0 saturated heterocycles. The van der Waals surface area contributed by atoms with Gasteiger partial charge in [-0.15, -0.1) is 0 Å². The molecule has 2 nitrogen and oxygen atoms in total. The Morgan fingerprint density at radius 3 is 2.71 bits per heavy atom. The smallest absolute Gasteiger partial charge is 0.263 e. The van der Waals surface area contributed by atoms with E-state index in [-0.39, 0.29) is 17.7 Å². The third-order valence-electron chi connectivity index (χ3n) is 3.58. The number of ether oxygens (including phenoxy) is 1. The van der Waals surface area contributed by atoms with Crippen molar-refractivity contribution < 1.29 is 23.0 Å². The minimum absolute atomic E-state index is 0.101. The summed E-state index contributed by atoms with van der Waals surface area (Å²) in [5, 5.41) is 10.1. The average Bonchev–Trinajstić information content (AvgIpc) is 2.46. The molecule has 0 aromatic heterocycles. The maximum Gasteiger partial charge on any atom is 0.263 e. The van der Waals surface area contributed by atoms with Crippen molar-refractivity contribution in [2.24, 2.45) is 0 Å². The minimum atomic E-state index is -2.57. The summed E-state index contributed by atoms with van der Waals surface area (Å²) >= 11 is 0. The number of aliphatic hydroxyl groups is 1. The van der Waals surface area contributed by atoms with Crippen LogP contribution in [-0.2, 0) is 0 Å². The normalized spacial score (nSPS) is 21.0. The van der Waals surface area contributed by atoms with E-state index < -0.39 is 24.5 Å². The van der Waals surface area contributed by atoms with Gasteiger partial charge in [-0.2, -0.15) is 0 Å². The monoisotopic (exact) mass is 294 g/mol. The first-order valence-electron chi connectivity index (χ1n) is 6.57. The number of hydrogen-bond donors (Lipinski definition) is 1. The van der Waals surface area contributed by atoms with Crippen LogP contribution in [0.15, 0.2) is 42.5 Å². The molecule has 0 radical (unpaired) electrons. The zero-order valence-electron chi connectivity index (χ0n) is 11.0. The molecule has 0 fully saturated rings. The number of rotatable bonds is 2. The topological polar surface area (TPSA) is 29.5 Å². The Morgan fingerprint density at radius 1 is 1.14 bits per heavy atom. The molecule has 0 bridgehead atoms. The Labute approximate surface area is 119 Å². The summed E-state index contributed by atoms with van der Waals surface area (Å²) < 4.78 is 44.4. The quantitative estimate of drug-likeness (QED) is 0.893. The van der Waals surface area contributed by atoms with Crippen LogP contribution in [0.4, 0.5) is 13.2 Å². The largest absolute Gasteiger partial charge is 0.485 e. The summed E-state index contributed by atoms with van der Waals surface area (Å²) in [6.45, 7) is 0. The fourth-order valence-electron chi connectivity index (χ4n) is 2.52. The van der Waals surface area contributed by atoms with Crippen LogP contribution in [0, 0.1) is 5.82 Å². The molecule has 110 valence electrons. The van der Waals surface area contributed by atoms with E-state index in [9.17, 15) is 18.3 Å². The number of fused-ring (bicyclic) bond motifs is 1. The molecule has 2 aromatic rings. The fourth-order valence-corrected chi connectivity index (χ4v) is 2.52. The van der Waals surface area contributed by atoms with Gasteiger partial charge >= 0.3 is 0 Å². The van der Waals surface area contributed by atoms with Crippen molar-refractivity contribution in [3.8, 4) is 5.75 Å². The van der Waals surface area contributed by atoms with Gasteiger partial charge in [0.2, 0.25) is 0 Å². The van der Waals surface area contributed by atoms with Crippen LogP contribution in [0.2, 0.25) is 0 Å². The molecule has 2 unspecified atom stereocenters. The van der Waals surface area contributed by atoms with Crippen molar-refractivity contribution in [1.29, 1.82) is 0 Å². The summed E-state index contributed by atoms with van der Waals surface area (Å²) in [4.78, 5) is 0. The molecule has 1 N–H and O–H groups in total. The minimum Gasteiger partial charge on any atom is -0.485 e. The van der Waals surface area contributed by atoms with Crippen molar-refractivity contribution >= 4 is 0 Å². The lowest BCUT2D eigenvalue weighted by molar-refractivity contribution is 0.0651. The van der Waals surface area contributed by atoms with Gasteiger partial charge in [0.25, 0.3) is 6.43 Å². The first-order chi connectivity index (χ1) is 10.0. The molecular weight excluding hydrogens is 281 g/mol. The van der Waals surface area contributed by atoms with Crippen molar-refractivity contribution in [1.82, 2.24) is 0 Å². The Kier molecular flexibility index (Phi) is 3.59. The molecule has 5 heteroatoms. The molecule has 0 amide bonds. The highest BCUT2D eigenvalue weighted by atomic mass is 19.3. The third-order valence-corrected chi connectivity index (χ3v) is 3.58. The van der Waals surface area contributed by atoms with Gasteiger partial charge in [-0.3, -0.25) is 0 Å². The number of alkyl halides is 2. The maximum absolute atomic E-state index is 13.3. The van der Waals surface area contributed by atoms with Crippen LogP contribution in [-0.4, -0.2) is 5.11 Å². The van der Waals surface area contributed by atoms with E-state index in [1.807, 2.05) is 0 Å². The first-order valence-corrected chi connectivity index (χ1v) is 6.57. The van der Waals surface area contributed by atoms with Crippen molar-refractivity contribution in [3.05, 3.63) is 65.0 Å². The highest BCUT2D eigenvalue weighted by molar-refractivity contribution is 5.39. The van der Waals surface area contributed by atoms with Gasteiger partial charge in [0.05, 0.1) is 6.10 Å². The molecule has 0 spiro atoms. The summed E-state index contributed by atoms with van der Waals surface area (Å²) in [5.41, 5.74) is 0.954. The van der Waals surface area contributed by atoms with Gasteiger partial charge in [0.15, 0.2) is 0 Å². The summed E-state index contributed by atoms with van der Waals surface area (Å²) in [6, 6.07) is 9.79. The van der Waals surface area contributed by atoms with Crippen LogP contribution in [0.25, 0.3) is 0 Å². The van der Waals surface area contributed by atoms with E-state index in [2.05, 4.69) is 0 Å². The zero-order chi connectivity index (χ0) is 15.0. The molecule has 2 atom stereocenters. The zero-order valence-corrected chi connectivity index (χ0v) is 11.0. The fraction of sp³-hybridized carbons (Fsp3) is 0.250. The maximum atomic E-state index is 13.3. The second kappa shape index (κ2) is 5.41. The van der Waals surface area contributed by atoms with E-state index in [1.54, 1.807) is 6.07 Å². The predicted molar refractivity (Wildman–Crippen MR) is 70.7 cm³/mol. The van der Waals surface area contributed by atoms with Gasteiger partial charge in [-0.1, -0.05) is 18.2 Å². The van der Waals surface area contributed by atoms with Gasteiger partial charge in [0.1, 0.15) is 17.7 Å². The van der Waals surface area contributed by atoms with Crippen LogP contribution in [0.3, 0.4) is 0 Å². The summed E-state index contributed by atoms with van der Waals surface area (Å²) in [6.07, 6.45) is -3.71. The van der Waals surface area contributed by atoms with Crippen molar-refractivity contribution in [3.63, 3.8) is 0 Å². The predicted octanol–water partition coefficient (Wildman–Crippen LogP) is 4.32. The Balaban J connectivity index is 1.93. The summed E-state index contributed by atoms with van der Waals surface area (Å²) in [7, 11) is 0. The lowest BCUT2D eigenvalue weighted by Crippen LogP contribution is -2.19. The molecule has 2 aromatic carbocycles. The number of aliphatic hydroxyl groups excluding tert-OH is 1. The van der Waals surface area contributed by atoms with E-state index in [1.165, 1.54) is 36.4 Å². The molecular formula is C16H13F3O2. The standard InChI is InChI=1S/C16H13F3O2/c17-11-4-5-12-13(20)8-14(21-15(12)7-11)9-2-1-3-10(6-9)16(18)19/h1-7,13-14,16,20H,8H2. The van der Waals surface area contributed by atoms with Crippen LogP contribution < -0.4 is 4.74 Å². The highest BCUT2D eigenvalue weighted by Gasteiger charge is 2.28.